The molecular formula is C24H37NNiOPS+. The van der Waals surface area contributed by atoms with E-state index in [0.29, 0.717) is 0 Å². The molecule has 2 aromatic rings. The van der Waals surface area contributed by atoms with Gasteiger partial charge in [0.05, 0.1) is 10.3 Å². The molecule has 2 rings (SSSR count). The van der Waals surface area contributed by atoms with E-state index in [0.717, 1.165) is 11.3 Å². The quantitative estimate of drug-likeness (QED) is 0.243. The van der Waals surface area contributed by atoms with Crippen molar-refractivity contribution in [1.29, 1.82) is 0 Å². The van der Waals surface area contributed by atoms with Crippen LogP contribution in [-0.4, -0.2) is 14.5 Å². The topological polar surface area (TPSA) is 31.2 Å². The van der Waals surface area contributed by atoms with Crippen LogP contribution in [0.25, 0.3) is 4.72 Å². The van der Waals surface area contributed by atoms with Crippen LogP contribution in [0, 0.1) is 6.42 Å². The minimum atomic E-state index is -1.31. The predicted molar refractivity (Wildman–Crippen MR) is 130 cm³/mol. The van der Waals surface area contributed by atoms with Gasteiger partial charge in [-0.2, -0.15) is 13.8 Å². The first kappa shape index (κ1) is 28.3. The molecule has 2 unspecified atom stereocenters. The van der Waals surface area contributed by atoms with E-state index in [9.17, 15) is 4.21 Å². The van der Waals surface area contributed by atoms with E-state index in [1.165, 1.54) is 0 Å². The average molecular weight is 477 g/mol. The van der Waals surface area contributed by atoms with Gasteiger partial charge in [-0.1, -0.05) is 60.7 Å². The van der Waals surface area contributed by atoms with Crippen molar-refractivity contribution in [2.75, 3.05) is 0 Å². The van der Waals surface area contributed by atoms with Crippen LogP contribution in [0.4, 0.5) is 5.69 Å². The number of benzene rings is 2. The predicted octanol–water partition coefficient (Wildman–Crippen LogP) is 8.09. The molecule has 0 spiro atoms. The van der Waals surface area contributed by atoms with Gasteiger partial charge in [-0.05, 0) is 52.5 Å². The maximum atomic E-state index is 13.4. The number of nitrogens with zero attached hydrogens (tertiary/aromatic N) is 1. The Balaban J connectivity index is 0.00000184. The summed E-state index contributed by atoms with van der Waals surface area (Å²) in [5.74, 6) is 0. The molecule has 0 amide bonds. The van der Waals surface area contributed by atoms with E-state index in [2.05, 4.69) is 58.4 Å². The average Bonchev–Trinajstić information content (AvgIpc) is 2.59. The molecule has 0 N–H and O–H groups in total. The molecule has 0 bridgehead atoms. The van der Waals surface area contributed by atoms with Crippen molar-refractivity contribution in [2.24, 2.45) is 0 Å². The van der Waals surface area contributed by atoms with E-state index < -0.39 is 18.9 Å². The molecular weight excluding hydrogens is 440 g/mol. The molecule has 0 saturated carbocycles. The Labute approximate surface area is 192 Å². The SMILES string of the molecule is CC(C)(C)[PH+](C(c1ccccc1)S(=O)[N-]c1ccccc1)C(C)(C)C.C[CH-]C.[Ni+2]. The molecule has 2 aromatic carbocycles. The zero-order valence-corrected chi connectivity index (χ0v) is 21.8. The first-order valence-electron chi connectivity index (χ1n) is 9.86. The van der Waals surface area contributed by atoms with Crippen molar-refractivity contribution in [2.45, 2.75) is 70.7 Å². The maximum absolute atomic E-state index is 13.4. The van der Waals surface area contributed by atoms with Crippen LogP contribution in [-0.2, 0) is 27.5 Å². The monoisotopic (exact) mass is 476 g/mol. The fraction of sp³-hybridized carbons (Fsp3) is 0.458. The van der Waals surface area contributed by atoms with Gasteiger partial charge in [0.25, 0.3) is 0 Å². The molecule has 164 valence electrons. The molecule has 0 heterocycles. The smallest absolute Gasteiger partial charge is 0.599 e. The summed E-state index contributed by atoms with van der Waals surface area (Å²) >= 11 is 0. The summed E-state index contributed by atoms with van der Waals surface area (Å²) < 4.78 is 18.0. The van der Waals surface area contributed by atoms with Crippen molar-refractivity contribution in [1.82, 2.24) is 0 Å². The van der Waals surface area contributed by atoms with Crippen molar-refractivity contribution in [3.05, 3.63) is 77.4 Å². The van der Waals surface area contributed by atoms with E-state index in [4.69, 9.17) is 0 Å². The minimum Gasteiger partial charge on any atom is -0.599 e. The van der Waals surface area contributed by atoms with E-state index in [1.807, 2.05) is 68.8 Å². The Bertz CT molecular complexity index is 697. The van der Waals surface area contributed by atoms with Gasteiger partial charge in [-0.25, -0.2) is 0 Å². The Morgan fingerprint density at radius 2 is 1.21 bits per heavy atom. The largest absolute Gasteiger partial charge is 2.00 e. The van der Waals surface area contributed by atoms with Crippen molar-refractivity contribution in [3.8, 4) is 0 Å². The summed E-state index contributed by atoms with van der Waals surface area (Å²) in [6.07, 6.45) is 2.00. The van der Waals surface area contributed by atoms with Gasteiger partial charge in [0.15, 0.2) is 4.99 Å². The summed E-state index contributed by atoms with van der Waals surface area (Å²) in [6.45, 7) is 17.7. The van der Waals surface area contributed by atoms with Crippen LogP contribution in [0.3, 0.4) is 0 Å². The van der Waals surface area contributed by atoms with Crippen LogP contribution >= 0.6 is 7.92 Å². The Morgan fingerprint density at radius 1 is 0.828 bits per heavy atom. The second kappa shape index (κ2) is 12.9. The fourth-order valence-corrected chi connectivity index (χ4v) is 11.8. The standard InChI is InChI=1S/C21H29NOPS.C3H7.Ni/c1-20(2,3)24(21(4,5)6)19(17-13-9-7-10-14-17)25(23)22-18-15-11-8-12-16-18;1-3-2;/h7-16,19H,1-6H3;3H,1-2H3;/q2*-1;+2/p+1. The molecule has 0 radical (unpaired) electrons. The van der Waals surface area contributed by atoms with Crippen molar-refractivity contribution < 1.29 is 20.7 Å². The minimum absolute atomic E-state index is 0. The molecule has 0 aromatic heterocycles. The Morgan fingerprint density at radius 3 is 1.59 bits per heavy atom. The maximum Gasteiger partial charge on any atom is 2.00 e. The van der Waals surface area contributed by atoms with Crippen LogP contribution in [0.1, 0.15) is 65.9 Å². The summed E-state index contributed by atoms with van der Waals surface area (Å²) in [5.41, 5.74) is 1.92. The molecule has 0 aliphatic rings. The first-order valence-corrected chi connectivity index (χ1v) is 12.6. The summed E-state index contributed by atoms with van der Waals surface area (Å²) in [7, 11) is -2.39. The zero-order valence-electron chi connectivity index (χ0n) is 19.0. The van der Waals surface area contributed by atoms with Crippen molar-refractivity contribution in [3.63, 3.8) is 0 Å². The molecule has 0 aliphatic carbocycles. The third-order valence-electron chi connectivity index (χ3n) is 4.13. The van der Waals surface area contributed by atoms with Gasteiger partial charge in [0.2, 0.25) is 0 Å². The van der Waals surface area contributed by atoms with Crippen LogP contribution < -0.4 is 0 Å². The van der Waals surface area contributed by atoms with Gasteiger partial charge in [0.1, 0.15) is 0 Å². The number of hydrogen-bond acceptors (Lipinski definition) is 1. The number of hydrogen-bond donors (Lipinski definition) is 0. The fourth-order valence-electron chi connectivity index (χ4n) is 3.57. The molecule has 5 heteroatoms. The Hall–Kier alpha value is -0.686. The third kappa shape index (κ3) is 9.33. The second-order valence-electron chi connectivity index (χ2n) is 8.98. The van der Waals surface area contributed by atoms with Gasteiger partial charge >= 0.3 is 16.5 Å². The first-order chi connectivity index (χ1) is 13.0. The van der Waals surface area contributed by atoms with Gasteiger partial charge < -0.3 is 11.1 Å². The third-order valence-corrected chi connectivity index (χ3v) is 10.6. The van der Waals surface area contributed by atoms with E-state index in [1.54, 1.807) is 0 Å². The summed E-state index contributed by atoms with van der Waals surface area (Å²) in [5, 5.41) is 0.205. The van der Waals surface area contributed by atoms with Crippen LogP contribution in [0.2, 0.25) is 0 Å². The zero-order chi connectivity index (χ0) is 21.4. The molecule has 0 saturated heterocycles. The molecule has 0 aliphatic heterocycles. The summed E-state index contributed by atoms with van der Waals surface area (Å²) in [6, 6.07) is 20.0. The second-order valence-corrected chi connectivity index (χ2v) is 15.0. The van der Waals surface area contributed by atoms with Crippen LogP contribution in [0.5, 0.6) is 0 Å². The van der Waals surface area contributed by atoms with E-state index in [-0.39, 0.29) is 31.8 Å². The Kier molecular flexibility index (Phi) is 12.6. The molecule has 2 nitrogen and oxygen atoms in total. The molecule has 0 fully saturated rings. The molecule has 2 atom stereocenters. The van der Waals surface area contributed by atoms with Crippen LogP contribution in [0.15, 0.2) is 60.7 Å². The van der Waals surface area contributed by atoms with Gasteiger partial charge in [0, 0.05) is 13.5 Å². The summed E-state index contributed by atoms with van der Waals surface area (Å²) in [4.78, 5) is -0.0496. The van der Waals surface area contributed by atoms with Gasteiger partial charge in [-0.3, -0.25) is 4.21 Å². The normalized spacial score (nSPS) is 13.6. The number of rotatable bonds is 5. The van der Waals surface area contributed by atoms with Gasteiger partial charge in [-0.15, -0.1) is 5.69 Å². The van der Waals surface area contributed by atoms with E-state index >= 15 is 0 Å². The van der Waals surface area contributed by atoms with Crippen molar-refractivity contribution >= 4 is 24.6 Å². The molecule has 29 heavy (non-hydrogen) atoms.